The van der Waals surface area contributed by atoms with Gasteiger partial charge in [-0.25, -0.2) is 9.78 Å². The Bertz CT molecular complexity index is 491. The van der Waals surface area contributed by atoms with Crippen molar-refractivity contribution in [2.45, 2.75) is 26.7 Å². The molecule has 19 heavy (non-hydrogen) atoms. The molecule has 2 rings (SSSR count). The first-order chi connectivity index (χ1) is 9.21. The van der Waals surface area contributed by atoms with Crippen molar-refractivity contribution >= 4 is 5.97 Å². The average Bonchev–Trinajstić information content (AvgIpc) is 2.88. The van der Waals surface area contributed by atoms with Crippen LogP contribution in [0.5, 0.6) is 0 Å². The van der Waals surface area contributed by atoms with Crippen LogP contribution >= 0.6 is 0 Å². The van der Waals surface area contributed by atoms with Gasteiger partial charge in [-0.3, -0.25) is 0 Å². The van der Waals surface area contributed by atoms with Crippen LogP contribution in [0.1, 0.15) is 42.2 Å². The fraction of sp³-hybridized carbons (Fsp3) is 0.333. The molecule has 2 aromatic rings. The first-order valence-corrected chi connectivity index (χ1v) is 6.27. The molecule has 4 nitrogen and oxygen atoms in total. The number of rotatable bonds is 3. The number of ether oxygens (including phenoxy) is 1. The van der Waals surface area contributed by atoms with E-state index < -0.39 is 5.97 Å². The molecule has 0 spiro atoms. The fourth-order valence-corrected chi connectivity index (χ4v) is 1.36. The number of nitrogens with zero attached hydrogens (tertiary/aromatic N) is 1. The summed E-state index contributed by atoms with van der Waals surface area (Å²) in [7, 11) is 1.31. The molecule has 0 unspecified atom stereocenters. The first kappa shape index (κ1) is 15.0. The molecule has 0 radical (unpaired) electrons. The van der Waals surface area contributed by atoms with Gasteiger partial charge in [0.2, 0.25) is 0 Å². The minimum absolute atomic E-state index is 0.202. The standard InChI is InChI=1S/C12H11NO3.C3H8/c1-15-12(14)10-8-16-11(13-10)7-9-5-3-2-4-6-9;1-3-2/h2-6,8H,7H2,1H3;3H2,1-2H3. The molecule has 0 aliphatic carbocycles. The summed E-state index contributed by atoms with van der Waals surface area (Å²) in [6.07, 6.45) is 3.13. The van der Waals surface area contributed by atoms with Crippen molar-refractivity contribution in [2.75, 3.05) is 7.11 Å². The lowest BCUT2D eigenvalue weighted by atomic mass is 10.1. The highest BCUT2D eigenvalue weighted by Crippen LogP contribution is 2.09. The molecule has 0 saturated carbocycles. The van der Waals surface area contributed by atoms with E-state index in [0.29, 0.717) is 12.3 Å². The maximum Gasteiger partial charge on any atom is 0.360 e. The topological polar surface area (TPSA) is 52.3 Å². The Morgan fingerprint density at radius 3 is 2.47 bits per heavy atom. The highest BCUT2D eigenvalue weighted by molar-refractivity contribution is 5.86. The summed E-state index contributed by atoms with van der Waals surface area (Å²) >= 11 is 0. The molecular formula is C15H19NO3. The van der Waals surface area contributed by atoms with Gasteiger partial charge >= 0.3 is 5.97 Å². The van der Waals surface area contributed by atoms with E-state index in [2.05, 4.69) is 23.6 Å². The van der Waals surface area contributed by atoms with Gasteiger partial charge in [0.1, 0.15) is 6.26 Å². The van der Waals surface area contributed by atoms with Gasteiger partial charge in [0.05, 0.1) is 7.11 Å². The van der Waals surface area contributed by atoms with E-state index in [1.54, 1.807) is 0 Å². The lowest BCUT2D eigenvalue weighted by molar-refractivity contribution is 0.0594. The smallest absolute Gasteiger partial charge is 0.360 e. The molecule has 0 N–H and O–H groups in total. The van der Waals surface area contributed by atoms with Gasteiger partial charge in [-0.2, -0.15) is 0 Å². The third-order valence-electron chi connectivity index (χ3n) is 2.14. The molecule has 0 saturated heterocycles. The number of hydrogen-bond acceptors (Lipinski definition) is 4. The number of hydrogen-bond donors (Lipinski definition) is 0. The molecular weight excluding hydrogens is 242 g/mol. The maximum absolute atomic E-state index is 11.1. The second kappa shape index (κ2) is 8.08. The fourth-order valence-electron chi connectivity index (χ4n) is 1.36. The molecule has 0 aliphatic heterocycles. The largest absolute Gasteiger partial charge is 0.464 e. The van der Waals surface area contributed by atoms with E-state index in [-0.39, 0.29) is 5.69 Å². The number of methoxy groups -OCH3 is 1. The number of aromatic nitrogens is 1. The van der Waals surface area contributed by atoms with E-state index in [9.17, 15) is 4.79 Å². The SMILES string of the molecule is CCC.COC(=O)c1coc(Cc2ccccc2)n1. The third-order valence-corrected chi connectivity index (χ3v) is 2.14. The van der Waals surface area contributed by atoms with Crippen molar-refractivity contribution in [1.29, 1.82) is 0 Å². The third kappa shape index (κ3) is 4.95. The molecule has 0 atom stereocenters. The summed E-state index contributed by atoms with van der Waals surface area (Å²) in [5.74, 6) is 0.0228. The van der Waals surface area contributed by atoms with Gasteiger partial charge in [0, 0.05) is 6.42 Å². The predicted octanol–water partition coefficient (Wildman–Crippen LogP) is 3.47. The number of esters is 1. The van der Waals surface area contributed by atoms with Crippen LogP contribution in [0, 0.1) is 0 Å². The van der Waals surface area contributed by atoms with E-state index in [0.717, 1.165) is 5.56 Å². The quantitative estimate of drug-likeness (QED) is 0.794. The van der Waals surface area contributed by atoms with E-state index in [1.165, 1.54) is 19.8 Å². The molecule has 1 heterocycles. The minimum atomic E-state index is -0.483. The van der Waals surface area contributed by atoms with E-state index in [1.807, 2.05) is 30.3 Å². The molecule has 0 aliphatic rings. The van der Waals surface area contributed by atoms with Gasteiger partial charge in [-0.15, -0.1) is 0 Å². The second-order valence-corrected chi connectivity index (χ2v) is 3.99. The van der Waals surface area contributed by atoms with Crippen LogP contribution in [-0.2, 0) is 11.2 Å². The average molecular weight is 261 g/mol. The van der Waals surface area contributed by atoms with Crippen LogP contribution < -0.4 is 0 Å². The van der Waals surface area contributed by atoms with Crippen LogP contribution in [0.25, 0.3) is 0 Å². The van der Waals surface area contributed by atoms with Crippen LogP contribution in [0.15, 0.2) is 41.0 Å². The summed E-state index contributed by atoms with van der Waals surface area (Å²) in [5, 5.41) is 0. The summed E-state index contributed by atoms with van der Waals surface area (Å²) in [4.78, 5) is 15.2. The highest BCUT2D eigenvalue weighted by atomic mass is 16.5. The van der Waals surface area contributed by atoms with Crippen molar-refractivity contribution in [3.8, 4) is 0 Å². The van der Waals surface area contributed by atoms with Gasteiger partial charge in [0.25, 0.3) is 0 Å². The highest BCUT2D eigenvalue weighted by Gasteiger charge is 2.12. The zero-order chi connectivity index (χ0) is 14.1. The maximum atomic E-state index is 11.1. The van der Waals surface area contributed by atoms with Crippen LogP contribution in [0.2, 0.25) is 0 Å². The summed E-state index contributed by atoms with van der Waals surface area (Å²) in [5.41, 5.74) is 1.29. The minimum Gasteiger partial charge on any atom is -0.464 e. The van der Waals surface area contributed by atoms with Crippen molar-refractivity contribution in [2.24, 2.45) is 0 Å². The monoisotopic (exact) mass is 261 g/mol. The van der Waals surface area contributed by atoms with Crippen molar-refractivity contribution in [3.05, 3.63) is 53.7 Å². The number of oxazole rings is 1. The number of benzene rings is 1. The van der Waals surface area contributed by atoms with E-state index in [4.69, 9.17) is 4.42 Å². The Kier molecular flexibility index (Phi) is 6.36. The Morgan fingerprint density at radius 1 is 1.26 bits per heavy atom. The second-order valence-electron chi connectivity index (χ2n) is 3.99. The zero-order valence-corrected chi connectivity index (χ0v) is 11.6. The van der Waals surface area contributed by atoms with Crippen molar-refractivity contribution in [1.82, 2.24) is 4.98 Å². The van der Waals surface area contributed by atoms with E-state index >= 15 is 0 Å². The van der Waals surface area contributed by atoms with Gasteiger partial charge in [0.15, 0.2) is 11.6 Å². The van der Waals surface area contributed by atoms with Crippen LogP contribution in [-0.4, -0.2) is 18.1 Å². The molecule has 0 fully saturated rings. The number of carbonyl (C=O) groups excluding carboxylic acids is 1. The summed E-state index contributed by atoms with van der Waals surface area (Å²) in [6, 6.07) is 9.78. The lowest BCUT2D eigenvalue weighted by Crippen LogP contribution is -2.01. The molecule has 102 valence electrons. The predicted molar refractivity (Wildman–Crippen MR) is 73.1 cm³/mol. The molecule has 0 bridgehead atoms. The molecule has 0 amide bonds. The van der Waals surface area contributed by atoms with Gasteiger partial charge in [-0.1, -0.05) is 50.6 Å². The summed E-state index contributed by atoms with van der Waals surface area (Å²) < 4.78 is 9.72. The van der Waals surface area contributed by atoms with Crippen LogP contribution in [0.3, 0.4) is 0 Å². The van der Waals surface area contributed by atoms with Crippen molar-refractivity contribution < 1.29 is 13.9 Å². The zero-order valence-electron chi connectivity index (χ0n) is 11.6. The van der Waals surface area contributed by atoms with Gasteiger partial charge < -0.3 is 9.15 Å². The summed E-state index contributed by atoms with van der Waals surface area (Å²) in [6.45, 7) is 4.25. The Labute approximate surface area is 113 Å². The Balaban J connectivity index is 0.000000550. The van der Waals surface area contributed by atoms with Crippen molar-refractivity contribution in [3.63, 3.8) is 0 Å². The van der Waals surface area contributed by atoms with Gasteiger partial charge in [-0.05, 0) is 5.56 Å². The first-order valence-electron chi connectivity index (χ1n) is 6.27. The lowest BCUT2D eigenvalue weighted by Gasteiger charge is -1.95. The molecule has 1 aromatic carbocycles. The Morgan fingerprint density at radius 2 is 1.89 bits per heavy atom. The molecule has 4 heteroatoms. The number of carbonyl (C=O) groups is 1. The Hall–Kier alpha value is -2.10. The molecule has 1 aromatic heterocycles. The normalized spacial score (nSPS) is 9.42. The van der Waals surface area contributed by atoms with Crippen LogP contribution in [0.4, 0.5) is 0 Å².